The summed E-state index contributed by atoms with van der Waals surface area (Å²) in [5.74, 6) is -0.375. The third-order valence-electron chi connectivity index (χ3n) is 2.16. The molecule has 6 nitrogen and oxygen atoms in total. The lowest BCUT2D eigenvalue weighted by Gasteiger charge is -2.08. The topological polar surface area (TPSA) is 101 Å². The molecular weight excluding hydrogens is 390 g/mol. The van der Waals surface area contributed by atoms with Crippen LogP contribution in [0.4, 0.5) is 0 Å². The van der Waals surface area contributed by atoms with Gasteiger partial charge in [-0.05, 0) is 41.4 Å². The summed E-state index contributed by atoms with van der Waals surface area (Å²) in [4.78, 5) is 11.4. The Hall–Kier alpha value is -0.190. The number of hydrogen-bond acceptors (Lipinski definition) is 5. The maximum atomic E-state index is 11.8. The lowest BCUT2D eigenvalue weighted by molar-refractivity contribution is -0.119. The van der Waals surface area contributed by atoms with E-state index in [9.17, 15) is 13.2 Å². The average molecular weight is 407 g/mol. The Morgan fingerprint density at radius 2 is 2.15 bits per heavy atom. The molecule has 0 fully saturated rings. The highest BCUT2D eigenvalue weighted by molar-refractivity contribution is 9.11. The molecule has 1 aromatic rings. The first kappa shape index (κ1) is 19.8. The number of hydrogen-bond donors (Lipinski definition) is 3. The van der Waals surface area contributed by atoms with Crippen molar-refractivity contribution in [1.82, 2.24) is 10.0 Å². The van der Waals surface area contributed by atoms with E-state index in [2.05, 4.69) is 26.0 Å². The van der Waals surface area contributed by atoms with Crippen LogP contribution in [0, 0.1) is 0 Å². The SMILES string of the molecule is CC(N)CCNC(=O)CNS(=O)(=O)c1ccc(Br)s1.Cl. The van der Waals surface area contributed by atoms with E-state index in [-0.39, 0.29) is 35.1 Å². The van der Waals surface area contributed by atoms with Crippen molar-refractivity contribution >= 4 is 55.6 Å². The zero-order valence-corrected chi connectivity index (χ0v) is 14.8. The quantitative estimate of drug-likeness (QED) is 0.630. The van der Waals surface area contributed by atoms with Crippen LogP contribution < -0.4 is 15.8 Å². The van der Waals surface area contributed by atoms with E-state index in [1.165, 1.54) is 6.07 Å². The molecule has 116 valence electrons. The number of nitrogens with one attached hydrogen (secondary N) is 2. The van der Waals surface area contributed by atoms with Gasteiger partial charge in [0.05, 0.1) is 10.3 Å². The smallest absolute Gasteiger partial charge is 0.250 e. The Morgan fingerprint density at radius 3 is 2.65 bits per heavy atom. The minimum Gasteiger partial charge on any atom is -0.355 e. The normalized spacial score (nSPS) is 12.6. The van der Waals surface area contributed by atoms with Crippen molar-refractivity contribution in [1.29, 1.82) is 0 Å². The summed E-state index contributed by atoms with van der Waals surface area (Å²) in [6.45, 7) is 1.99. The van der Waals surface area contributed by atoms with E-state index in [1.54, 1.807) is 6.07 Å². The van der Waals surface area contributed by atoms with Gasteiger partial charge in [0, 0.05) is 12.6 Å². The van der Waals surface area contributed by atoms with Crippen LogP contribution in [0.3, 0.4) is 0 Å². The molecule has 0 aliphatic carbocycles. The lowest BCUT2D eigenvalue weighted by Crippen LogP contribution is -2.38. The van der Waals surface area contributed by atoms with Crippen molar-refractivity contribution in [2.45, 2.75) is 23.6 Å². The molecule has 1 unspecified atom stereocenters. The van der Waals surface area contributed by atoms with Crippen LogP contribution in [0.5, 0.6) is 0 Å². The Balaban J connectivity index is 0.00000361. The first-order chi connectivity index (χ1) is 8.81. The van der Waals surface area contributed by atoms with Crippen LogP contribution in [0.2, 0.25) is 0 Å². The molecule has 4 N–H and O–H groups in total. The number of amides is 1. The number of carbonyl (C=O) groups is 1. The summed E-state index contributed by atoms with van der Waals surface area (Å²) in [7, 11) is -3.62. The number of carbonyl (C=O) groups excluding carboxylic acids is 1. The van der Waals surface area contributed by atoms with Gasteiger partial charge >= 0.3 is 0 Å². The average Bonchev–Trinajstić information content (AvgIpc) is 2.74. The van der Waals surface area contributed by atoms with Crippen LogP contribution in [-0.4, -0.2) is 33.5 Å². The molecule has 1 atom stereocenters. The molecule has 0 aromatic carbocycles. The zero-order valence-electron chi connectivity index (χ0n) is 10.8. The highest BCUT2D eigenvalue weighted by Crippen LogP contribution is 2.25. The molecule has 0 spiro atoms. The summed E-state index contributed by atoms with van der Waals surface area (Å²) >= 11 is 4.27. The van der Waals surface area contributed by atoms with Crippen molar-refractivity contribution in [2.75, 3.05) is 13.1 Å². The van der Waals surface area contributed by atoms with Crippen molar-refractivity contribution in [3.63, 3.8) is 0 Å². The number of sulfonamides is 1. The monoisotopic (exact) mass is 405 g/mol. The largest absolute Gasteiger partial charge is 0.355 e. The maximum absolute atomic E-state index is 11.8. The molecule has 1 amide bonds. The van der Waals surface area contributed by atoms with E-state index in [0.29, 0.717) is 16.8 Å². The number of thiophene rings is 1. The van der Waals surface area contributed by atoms with Crippen LogP contribution in [0.25, 0.3) is 0 Å². The second kappa shape index (κ2) is 8.96. The Kier molecular flexibility index (Phi) is 8.87. The van der Waals surface area contributed by atoms with E-state index < -0.39 is 10.0 Å². The van der Waals surface area contributed by atoms with Gasteiger partial charge in [-0.15, -0.1) is 23.7 Å². The molecule has 10 heteroatoms. The summed E-state index contributed by atoms with van der Waals surface area (Å²) < 4.78 is 26.8. The third-order valence-corrected chi connectivity index (χ3v) is 5.67. The first-order valence-corrected chi connectivity index (χ1v) is 8.68. The van der Waals surface area contributed by atoms with Crippen molar-refractivity contribution in [2.24, 2.45) is 5.73 Å². The number of rotatable bonds is 7. The lowest BCUT2D eigenvalue weighted by atomic mass is 10.2. The van der Waals surface area contributed by atoms with Crippen LogP contribution in [-0.2, 0) is 14.8 Å². The molecule has 0 aliphatic rings. The Bertz CT molecular complexity index is 534. The number of nitrogens with two attached hydrogens (primary N) is 1. The summed E-state index contributed by atoms with van der Waals surface area (Å²) in [5, 5.41) is 2.59. The Labute approximate surface area is 137 Å². The van der Waals surface area contributed by atoms with E-state index in [1.807, 2.05) is 6.92 Å². The molecule has 0 saturated carbocycles. The van der Waals surface area contributed by atoms with E-state index >= 15 is 0 Å². The zero-order chi connectivity index (χ0) is 14.5. The van der Waals surface area contributed by atoms with Gasteiger partial charge in [0.1, 0.15) is 4.21 Å². The minimum absolute atomic E-state index is 0. The maximum Gasteiger partial charge on any atom is 0.250 e. The standard InChI is InChI=1S/C10H16BrN3O3S2.ClH/c1-7(12)4-5-13-9(15)6-14-19(16,17)10-3-2-8(11)18-10;/h2-3,7,14H,4-6,12H2,1H3,(H,13,15);1H. The summed E-state index contributed by atoms with van der Waals surface area (Å²) in [6.07, 6.45) is 0.649. The van der Waals surface area contributed by atoms with Crippen molar-refractivity contribution in [3.05, 3.63) is 15.9 Å². The minimum atomic E-state index is -3.62. The fourth-order valence-electron chi connectivity index (χ4n) is 1.18. The molecule has 0 saturated heterocycles. The van der Waals surface area contributed by atoms with Gasteiger partial charge in [0.2, 0.25) is 5.91 Å². The fraction of sp³-hybridized carbons (Fsp3) is 0.500. The van der Waals surface area contributed by atoms with Gasteiger partial charge in [-0.25, -0.2) is 13.1 Å². The van der Waals surface area contributed by atoms with Gasteiger partial charge in [0.15, 0.2) is 0 Å². The number of halogens is 2. The van der Waals surface area contributed by atoms with Crippen molar-refractivity contribution < 1.29 is 13.2 Å². The molecule has 20 heavy (non-hydrogen) atoms. The van der Waals surface area contributed by atoms with Crippen molar-refractivity contribution in [3.8, 4) is 0 Å². The highest BCUT2D eigenvalue weighted by atomic mass is 79.9. The predicted octanol–water partition coefficient (Wildman–Crippen LogP) is 1.06. The van der Waals surface area contributed by atoms with Gasteiger partial charge < -0.3 is 11.1 Å². The summed E-state index contributed by atoms with van der Waals surface area (Å²) in [5.41, 5.74) is 5.53. The molecule has 1 rings (SSSR count). The van der Waals surface area contributed by atoms with Crippen LogP contribution in [0.15, 0.2) is 20.1 Å². The Morgan fingerprint density at radius 1 is 1.50 bits per heavy atom. The first-order valence-electron chi connectivity index (χ1n) is 5.58. The molecule has 1 heterocycles. The van der Waals surface area contributed by atoms with Crippen LogP contribution >= 0.6 is 39.7 Å². The summed E-state index contributed by atoms with van der Waals surface area (Å²) in [6, 6.07) is 3.12. The highest BCUT2D eigenvalue weighted by Gasteiger charge is 2.17. The predicted molar refractivity (Wildman–Crippen MR) is 85.7 cm³/mol. The molecule has 0 aliphatic heterocycles. The third kappa shape index (κ3) is 7.00. The van der Waals surface area contributed by atoms with Gasteiger partial charge in [-0.2, -0.15) is 0 Å². The van der Waals surface area contributed by atoms with Gasteiger partial charge in [0.25, 0.3) is 10.0 Å². The molecular formula is C10H17BrClN3O3S2. The van der Waals surface area contributed by atoms with Gasteiger partial charge in [-0.3, -0.25) is 4.79 Å². The van der Waals surface area contributed by atoms with E-state index in [4.69, 9.17) is 5.73 Å². The fourth-order valence-corrected chi connectivity index (χ4v) is 4.21. The molecule has 0 bridgehead atoms. The van der Waals surface area contributed by atoms with Gasteiger partial charge in [-0.1, -0.05) is 0 Å². The van der Waals surface area contributed by atoms with E-state index in [0.717, 1.165) is 11.3 Å². The second-order valence-corrected chi connectivity index (χ2v) is 8.46. The second-order valence-electron chi connectivity index (χ2n) is 4.00. The molecule has 1 aromatic heterocycles. The van der Waals surface area contributed by atoms with Crippen LogP contribution in [0.1, 0.15) is 13.3 Å². The molecule has 0 radical (unpaired) electrons.